The Morgan fingerprint density at radius 2 is 2.29 bits per heavy atom. The monoisotopic (exact) mass is 252 g/mol. The molecule has 90 valence electrons. The third kappa shape index (κ3) is 3.08. The van der Waals surface area contributed by atoms with Crippen LogP contribution in [-0.4, -0.2) is 20.6 Å². The predicted molar refractivity (Wildman–Crippen MR) is 65.3 cm³/mol. The number of hydrogen-bond donors (Lipinski definition) is 1. The van der Waals surface area contributed by atoms with Crippen LogP contribution in [0.25, 0.3) is 0 Å². The Labute approximate surface area is 103 Å². The standard InChI is InChI=1S/C12H13FN2OS/c1-15-11(5-6-14-15)12(16)8-17-10-4-2-3-9(13)7-10/h2-7,12,16H,8H2,1H3. The van der Waals surface area contributed by atoms with E-state index in [-0.39, 0.29) is 5.82 Å². The first-order valence-electron chi connectivity index (χ1n) is 5.21. The van der Waals surface area contributed by atoms with E-state index in [1.165, 1.54) is 23.9 Å². The Morgan fingerprint density at radius 1 is 1.47 bits per heavy atom. The number of aryl methyl sites for hydroxylation is 1. The molecule has 1 aromatic heterocycles. The molecule has 2 aromatic rings. The van der Waals surface area contributed by atoms with Crippen LogP contribution < -0.4 is 0 Å². The molecule has 0 amide bonds. The molecule has 0 aliphatic heterocycles. The first-order valence-corrected chi connectivity index (χ1v) is 6.19. The largest absolute Gasteiger partial charge is 0.386 e. The number of nitrogens with zero attached hydrogens (tertiary/aromatic N) is 2. The zero-order valence-electron chi connectivity index (χ0n) is 9.38. The predicted octanol–water partition coefficient (Wildman–Crippen LogP) is 2.38. The summed E-state index contributed by atoms with van der Waals surface area (Å²) in [7, 11) is 1.78. The molecule has 0 saturated carbocycles. The second-order valence-corrected chi connectivity index (χ2v) is 4.76. The van der Waals surface area contributed by atoms with Crippen molar-refractivity contribution >= 4 is 11.8 Å². The fraction of sp³-hybridized carbons (Fsp3) is 0.250. The van der Waals surface area contributed by atoms with E-state index in [0.717, 1.165) is 10.6 Å². The Kier molecular flexibility index (Phi) is 3.81. The minimum atomic E-state index is -0.601. The summed E-state index contributed by atoms with van der Waals surface area (Å²) in [6.07, 6.45) is 1.04. The molecule has 0 radical (unpaired) electrons. The molecule has 5 heteroatoms. The van der Waals surface area contributed by atoms with Crippen LogP contribution in [-0.2, 0) is 7.05 Å². The molecule has 0 bridgehead atoms. The van der Waals surface area contributed by atoms with Gasteiger partial charge >= 0.3 is 0 Å². The molecule has 17 heavy (non-hydrogen) atoms. The molecule has 0 saturated heterocycles. The third-order valence-corrected chi connectivity index (χ3v) is 3.47. The summed E-state index contributed by atoms with van der Waals surface area (Å²) < 4.78 is 14.6. The zero-order valence-corrected chi connectivity index (χ0v) is 10.2. The van der Waals surface area contributed by atoms with Crippen LogP contribution in [0.15, 0.2) is 41.4 Å². The highest BCUT2D eigenvalue weighted by Crippen LogP contribution is 2.24. The van der Waals surface area contributed by atoms with Crippen LogP contribution in [0.4, 0.5) is 4.39 Å². The SMILES string of the molecule is Cn1nccc1C(O)CSc1cccc(F)c1. The van der Waals surface area contributed by atoms with E-state index >= 15 is 0 Å². The van der Waals surface area contributed by atoms with Crippen molar-refractivity contribution in [1.82, 2.24) is 9.78 Å². The van der Waals surface area contributed by atoms with Crippen LogP contribution >= 0.6 is 11.8 Å². The molecule has 1 heterocycles. The third-order valence-electron chi connectivity index (χ3n) is 2.40. The summed E-state index contributed by atoms with van der Waals surface area (Å²) in [5.41, 5.74) is 0.758. The first-order chi connectivity index (χ1) is 8.16. The van der Waals surface area contributed by atoms with Crippen molar-refractivity contribution in [3.8, 4) is 0 Å². The van der Waals surface area contributed by atoms with E-state index in [0.29, 0.717) is 5.75 Å². The molecule has 1 unspecified atom stereocenters. The molecule has 3 nitrogen and oxygen atoms in total. The lowest BCUT2D eigenvalue weighted by Crippen LogP contribution is -2.07. The van der Waals surface area contributed by atoms with Gasteiger partial charge in [0.25, 0.3) is 0 Å². The van der Waals surface area contributed by atoms with Crippen LogP contribution in [0.2, 0.25) is 0 Å². The maximum absolute atomic E-state index is 12.9. The van der Waals surface area contributed by atoms with Gasteiger partial charge in [0.1, 0.15) is 11.9 Å². The number of aromatic nitrogens is 2. The molecule has 1 atom stereocenters. The summed E-state index contributed by atoms with van der Waals surface area (Å²) in [6, 6.07) is 8.12. The quantitative estimate of drug-likeness (QED) is 0.849. The van der Waals surface area contributed by atoms with E-state index in [2.05, 4.69) is 5.10 Å². The Bertz CT molecular complexity index is 501. The number of hydrogen-bond acceptors (Lipinski definition) is 3. The normalized spacial score (nSPS) is 12.6. The van der Waals surface area contributed by atoms with E-state index in [4.69, 9.17) is 0 Å². The molecular weight excluding hydrogens is 239 g/mol. The van der Waals surface area contributed by atoms with Crippen LogP contribution in [0, 0.1) is 5.82 Å². The van der Waals surface area contributed by atoms with Crippen molar-refractivity contribution in [3.05, 3.63) is 48.0 Å². The topological polar surface area (TPSA) is 38.0 Å². The van der Waals surface area contributed by atoms with Gasteiger partial charge in [-0.3, -0.25) is 4.68 Å². The Balaban J connectivity index is 1.97. The summed E-state index contributed by atoms with van der Waals surface area (Å²) in [4.78, 5) is 0.811. The number of aliphatic hydroxyl groups excluding tert-OH is 1. The molecule has 0 aliphatic carbocycles. The zero-order chi connectivity index (χ0) is 12.3. The van der Waals surface area contributed by atoms with Gasteiger partial charge < -0.3 is 5.11 Å². The molecule has 2 rings (SSSR count). The fourth-order valence-electron chi connectivity index (χ4n) is 1.53. The van der Waals surface area contributed by atoms with Gasteiger partial charge in [-0.1, -0.05) is 6.07 Å². The molecule has 1 aromatic carbocycles. The number of thioether (sulfide) groups is 1. The summed E-state index contributed by atoms with van der Waals surface area (Å²) in [5, 5.41) is 13.9. The second kappa shape index (κ2) is 5.33. The minimum Gasteiger partial charge on any atom is -0.386 e. The van der Waals surface area contributed by atoms with Crippen LogP contribution in [0.5, 0.6) is 0 Å². The highest BCUT2D eigenvalue weighted by atomic mass is 32.2. The highest BCUT2D eigenvalue weighted by Gasteiger charge is 2.11. The number of rotatable bonds is 4. The molecule has 0 aliphatic rings. The van der Waals surface area contributed by atoms with Crippen molar-refractivity contribution in [3.63, 3.8) is 0 Å². The van der Waals surface area contributed by atoms with Gasteiger partial charge in [-0.15, -0.1) is 11.8 Å². The van der Waals surface area contributed by atoms with Gasteiger partial charge in [-0.25, -0.2) is 4.39 Å². The van der Waals surface area contributed by atoms with Crippen molar-refractivity contribution in [2.24, 2.45) is 7.05 Å². The summed E-state index contributed by atoms with van der Waals surface area (Å²) in [6.45, 7) is 0. The second-order valence-electron chi connectivity index (χ2n) is 3.66. The molecule has 0 spiro atoms. The van der Waals surface area contributed by atoms with Gasteiger partial charge in [0.2, 0.25) is 0 Å². The van der Waals surface area contributed by atoms with Crippen molar-refractivity contribution in [2.45, 2.75) is 11.0 Å². The Hall–Kier alpha value is -1.33. The number of aliphatic hydroxyl groups is 1. The molecular formula is C12H13FN2OS. The highest BCUT2D eigenvalue weighted by molar-refractivity contribution is 7.99. The smallest absolute Gasteiger partial charge is 0.124 e. The number of benzene rings is 1. The summed E-state index contributed by atoms with van der Waals surface area (Å²) in [5.74, 6) is 0.216. The first kappa shape index (κ1) is 12.1. The maximum Gasteiger partial charge on any atom is 0.124 e. The van der Waals surface area contributed by atoms with Gasteiger partial charge in [0, 0.05) is 23.9 Å². The average Bonchev–Trinajstić information content (AvgIpc) is 2.72. The van der Waals surface area contributed by atoms with Crippen molar-refractivity contribution < 1.29 is 9.50 Å². The van der Waals surface area contributed by atoms with Crippen LogP contribution in [0.1, 0.15) is 11.8 Å². The number of halogens is 1. The Morgan fingerprint density at radius 3 is 2.94 bits per heavy atom. The van der Waals surface area contributed by atoms with Crippen molar-refractivity contribution in [1.29, 1.82) is 0 Å². The minimum absolute atomic E-state index is 0.259. The fourth-order valence-corrected chi connectivity index (χ4v) is 2.42. The maximum atomic E-state index is 12.9. The lowest BCUT2D eigenvalue weighted by molar-refractivity contribution is 0.193. The average molecular weight is 252 g/mol. The van der Waals surface area contributed by atoms with E-state index in [9.17, 15) is 9.50 Å². The van der Waals surface area contributed by atoms with Gasteiger partial charge in [0.15, 0.2) is 0 Å². The van der Waals surface area contributed by atoms with E-state index < -0.39 is 6.10 Å². The van der Waals surface area contributed by atoms with E-state index in [1.807, 2.05) is 6.07 Å². The molecule has 0 fully saturated rings. The van der Waals surface area contributed by atoms with Crippen LogP contribution in [0.3, 0.4) is 0 Å². The lowest BCUT2D eigenvalue weighted by Gasteiger charge is -2.10. The van der Waals surface area contributed by atoms with E-state index in [1.54, 1.807) is 30.1 Å². The van der Waals surface area contributed by atoms with Gasteiger partial charge in [-0.05, 0) is 24.3 Å². The van der Waals surface area contributed by atoms with Crippen molar-refractivity contribution in [2.75, 3.05) is 5.75 Å². The summed E-state index contributed by atoms with van der Waals surface area (Å²) >= 11 is 1.42. The lowest BCUT2D eigenvalue weighted by atomic mass is 10.3. The molecule has 1 N–H and O–H groups in total. The van der Waals surface area contributed by atoms with Gasteiger partial charge in [0.05, 0.1) is 5.69 Å². The van der Waals surface area contributed by atoms with Gasteiger partial charge in [-0.2, -0.15) is 5.10 Å².